The maximum absolute atomic E-state index is 12.0. The topological polar surface area (TPSA) is 84.3 Å². The second-order valence-electron chi connectivity index (χ2n) is 5.33. The standard InChI is InChI=1S/C19H15N3O3/c23-19(21-17-10-12-18(13-11-17)22(24)25)20-16-8-6-15(7-9-16)14-4-2-1-3-5-14/h1-13H,(H2,20,21,23). The zero-order valence-electron chi connectivity index (χ0n) is 13.2. The summed E-state index contributed by atoms with van der Waals surface area (Å²) in [6.45, 7) is 0. The van der Waals surface area contributed by atoms with E-state index in [2.05, 4.69) is 10.6 Å². The highest BCUT2D eigenvalue weighted by molar-refractivity contribution is 5.99. The lowest BCUT2D eigenvalue weighted by Gasteiger charge is -2.08. The van der Waals surface area contributed by atoms with Crippen LogP contribution >= 0.6 is 0 Å². The van der Waals surface area contributed by atoms with Gasteiger partial charge in [0.05, 0.1) is 4.92 Å². The van der Waals surface area contributed by atoms with Gasteiger partial charge in [0.1, 0.15) is 0 Å². The molecule has 0 aliphatic rings. The zero-order chi connectivity index (χ0) is 17.6. The predicted octanol–water partition coefficient (Wildman–Crippen LogP) is 4.91. The molecule has 2 N–H and O–H groups in total. The summed E-state index contributed by atoms with van der Waals surface area (Å²) < 4.78 is 0. The number of non-ortho nitro benzene ring substituents is 1. The Hall–Kier alpha value is -3.67. The summed E-state index contributed by atoms with van der Waals surface area (Å²) in [5.41, 5.74) is 3.26. The molecule has 0 bridgehead atoms. The van der Waals surface area contributed by atoms with Gasteiger partial charge >= 0.3 is 6.03 Å². The van der Waals surface area contributed by atoms with Gasteiger partial charge in [-0.2, -0.15) is 0 Å². The number of amides is 2. The quantitative estimate of drug-likeness (QED) is 0.526. The summed E-state index contributed by atoms with van der Waals surface area (Å²) in [5.74, 6) is 0. The van der Waals surface area contributed by atoms with Crippen molar-refractivity contribution in [2.24, 2.45) is 0 Å². The lowest BCUT2D eigenvalue weighted by Crippen LogP contribution is -2.19. The van der Waals surface area contributed by atoms with Crippen molar-refractivity contribution >= 4 is 23.1 Å². The fraction of sp³-hybridized carbons (Fsp3) is 0. The number of nitrogens with one attached hydrogen (secondary N) is 2. The van der Waals surface area contributed by atoms with Gasteiger partial charge in [-0.05, 0) is 35.4 Å². The number of anilines is 2. The van der Waals surface area contributed by atoms with Crippen molar-refractivity contribution in [3.05, 3.63) is 89.0 Å². The largest absolute Gasteiger partial charge is 0.323 e. The average Bonchev–Trinajstić information content (AvgIpc) is 2.63. The first-order valence-electron chi connectivity index (χ1n) is 7.60. The van der Waals surface area contributed by atoms with E-state index in [1.165, 1.54) is 24.3 Å². The molecule has 0 heterocycles. The van der Waals surface area contributed by atoms with Crippen molar-refractivity contribution in [3.8, 4) is 11.1 Å². The van der Waals surface area contributed by atoms with Gasteiger partial charge in [-0.15, -0.1) is 0 Å². The molecule has 6 heteroatoms. The number of carbonyl (C=O) groups excluding carboxylic acids is 1. The first-order chi connectivity index (χ1) is 12.1. The molecule has 0 spiro atoms. The number of carbonyl (C=O) groups is 1. The average molecular weight is 333 g/mol. The fourth-order valence-electron chi connectivity index (χ4n) is 2.34. The minimum Gasteiger partial charge on any atom is -0.308 e. The van der Waals surface area contributed by atoms with Gasteiger partial charge in [0.25, 0.3) is 5.69 Å². The molecule has 3 aromatic rings. The van der Waals surface area contributed by atoms with Gasteiger partial charge in [0.2, 0.25) is 0 Å². The molecule has 3 rings (SSSR count). The normalized spacial score (nSPS) is 10.1. The highest BCUT2D eigenvalue weighted by Gasteiger charge is 2.07. The van der Waals surface area contributed by atoms with Crippen LogP contribution in [0.2, 0.25) is 0 Å². The number of hydrogen-bond acceptors (Lipinski definition) is 3. The highest BCUT2D eigenvalue weighted by Crippen LogP contribution is 2.21. The number of benzene rings is 3. The van der Waals surface area contributed by atoms with Crippen LogP contribution in [-0.4, -0.2) is 11.0 Å². The molecule has 0 saturated carbocycles. The molecule has 0 unspecified atom stereocenters. The van der Waals surface area contributed by atoms with Crippen LogP contribution in [0.1, 0.15) is 0 Å². The van der Waals surface area contributed by atoms with Crippen LogP contribution in [0.15, 0.2) is 78.9 Å². The van der Waals surface area contributed by atoms with Crippen LogP contribution in [0.4, 0.5) is 21.9 Å². The molecule has 0 saturated heterocycles. The molecule has 0 radical (unpaired) electrons. The Bertz CT molecular complexity index is 876. The molecule has 0 atom stereocenters. The Morgan fingerprint density at radius 2 is 1.20 bits per heavy atom. The Kier molecular flexibility index (Phi) is 4.71. The van der Waals surface area contributed by atoms with Gasteiger partial charge in [0.15, 0.2) is 0 Å². The molecule has 0 aliphatic heterocycles. The summed E-state index contributed by atoms with van der Waals surface area (Å²) in [7, 11) is 0. The van der Waals surface area contributed by atoms with E-state index in [0.29, 0.717) is 11.4 Å². The van der Waals surface area contributed by atoms with E-state index >= 15 is 0 Å². The predicted molar refractivity (Wildman–Crippen MR) is 97.6 cm³/mol. The zero-order valence-corrected chi connectivity index (χ0v) is 13.2. The second-order valence-corrected chi connectivity index (χ2v) is 5.33. The van der Waals surface area contributed by atoms with Crippen LogP contribution in [0.3, 0.4) is 0 Å². The maximum atomic E-state index is 12.0. The van der Waals surface area contributed by atoms with Gasteiger partial charge in [0, 0.05) is 23.5 Å². The van der Waals surface area contributed by atoms with E-state index in [4.69, 9.17) is 0 Å². The third kappa shape index (κ3) is 4.20. The fourth-order valence-corrected chi connectivity index (χ4v) is 2.34. The molecule has 25 heavy (non-hydrogen) atoms. The number of urea groups is 1. The van der Waals surface area contributed by atoms with Crippen molar-refractivity contribution in [3.63, 3.8) is 0 Å². The summed E-state index contributed by atoms with van der Waals surface area (Å²) in [6.07, 6.45) is 0. The number of hydrogen-bond donors (Lipinski definition) is 2. The second kappa shape index (κ2) is 7.27. The first kappa shape index (κ1) is 16.2. The van der Waals surface area contributed by atoms with Crippen LogP contribution < -0.4 is 10.6 Å². The molecule has 0 fully saturated rings. The van der Waals surface area contributed by atoms with E-state index < -0.39 is 11.0 Å². The van der Waals surface area contributed by atoms with Crippen molar-refractivity contribution in [2.75, 3.05) is 10.6 Å². The molecular weight excluding hydrogens is 318 g/mol. The number of nitro benzene ring substituents is 1. The Balaban J connectivity index is 1.62. The molecule has 124 valence electrons. The smallest absolute Gasteiger partial charge is 0.308 e. The van der Waals surface area contributed by atoms with E-state index in [1.807, 2.05) is 54.6 Å². The van der Waals surface area contributed by atoms with Crippen molar-refractivity contribution in [2.45, 2.75) is 0 Å². The Morgan fingerprint density at radius 3 is 1.72 bits per heavy atom. The molecule has 0 aliphatic carbocycles. The van der Waals surface area contributed by atoms with E-state index in [0.717, 1.165) is 11.1 Å². The van der Waals surface area contributed by atoms with E-state index in [1.54, 1.807) is 0 Å². The summed E-state index contributed by atoms with van der Waals surface area (Å²) in [4.78, 5) is 22.1. The molecule has 6 nitrogen and oxygen atoms in total. The van der Waals surface area contributed by atoms with Crippen LogP contribution in [0.25, 0.3) is 11.1 Å². The first-order valence-corrected chi connectivity index (χ1v) is 7.60. The minimum absolute atomic E-state index is 0.0255. The SMILES string of the molecule is O=C(Nc1ccc(-c2ccccc2)cc1)Nc1ccc([N+](=O)[O-])cc1. The van der Waals surface area contributed by atoms with E-state index in [9.17, 15) is 14.9 Å². The summed E-state index contributed by atoms with van der Waals surface area (Å²) >= 11 is 0. The molecule has 3 aromatic carbocycles. The van der Waals surface area contributed by atoms with Crippen LogP contribution in [0, 0.1) is 10.1 Å². The van der Waals surface area contributed by atoms with Gasteiger partial charge in [-0.1, -0.05) is 42.5 Å². The molecule has 2 amide bonds. The third-order valence-electron chi connectivity index (χ3n) is 3.59. The van der Waals surface area contributed by atoms with Crippen molar-refractivity contribution in [1.82, 2.24) is 0 Å². The number of rotatable bonds is 4. The van der Waals surface area contributed by atoms with Crippen LogP contribution in [-0.2, 0) is 0 Å². The van der Waals surface area contributed by atoms with Crippen LogP contribution in [0.5, 0.6) is 0 Å². The lowest BCUT2D eigenvalue weighted by atomic mass is 10.1. The van der Waals surface area contributed by atoms with Crippen molar-refractivity contribution < 1.29 is 9.72 Å². The highest BCUT2D eigenvalue weighted by atomic mass is 16.6. The monoisotopic (exact) mass is 333 g/mol. The molecular formula is C19H15N3O3. The summed E-state index contributed by atoms with van der Waals surface area (Å²) in [5, 5.41) is 16.0. The Morgan fingerprint density at radius 1 is 0.720 bits per heavy atom. The lowest BCUT2D eigenvalue weighted by molar-refractivity contribution is -0.384. The third-order valence-corrected chi connectivity index (χ3v) is 3.59. The number of nitrogens with zero attached hydrogens (tertiary/aromatic N) is 1. The van der Waals surface area contributed by atoms with Crippen molar-refractivity contribution in [1.29, 1.82) is 0 Å². The molecule has 0 aromatic heterocycles. The van der Waals surface area contributed by atoms with Gasteiger partial charge < -0.3 is 10.6 Å². The Labute approximate surface area is 144 Å². The minimum atomic E-state index is -0.488. The van der Waals surface area contributed by atoms with Gasteiger partial charge in [-0.3, -0.25) is 10.1 Å². The maximum Gasteiger partial charge on any atom is 0.323 e. The van der Waals surface area contributed by atoms with E-state index in [-0.39, 0.29) is 5.69 Å². The van der Waals surface area contributed by atoms with Gasteiger partial charge in [-0.25, -0.2) is 4.79 Å². The summed E-state index contributed by atoms with van der Waals surface area (Å²) in [6, 6.07) is 22.7. The number of nitro groups is 1.